The van der Waals surface area contributed by atoms with Crippen LogP contribution in [0.3, 0.4) is 0 Å². The summed E-state index contributed by atoms with van der Waals surface area (Å²) >= 11 is 0. The maximum absolute atomic E-state index is 13.9. The monoisotopic (exact) mass is 484 g/mol. The van der Waals surface area contributed by atoms with Gasteiger partial charge in [-0.1, -0.05) is 18.1 Å². The number of primary amides is 1. The predicted octanol–water partition coefficient (Wildman–Crippen LogP) is 2.38. The number of benzene rings is 1. The molecule has 190 valence electrons. The van der Waals surface area contributed by atoms with Gasteiger partial charge < -0.3 is 26.0 Å². The minimum Gasteiger partial charge on any atom is -0.444 e. The first-order valence-electron chi connectivity index (χ1n) is 11.8. The highest BCUT2D eigenvalue weighted by atomic mass is 16.6. The summed E-state index contributed by atoms with van der Waals surface area (Å²) in [5.41, 5.74) is 5.80. The van der Waals surface area contributed by atoms with Crippen LogP contribution in [-0.4, -0.2) is 52.4 Å². The van der Waals surface area contributed by atoms with E-state index in [2.05, 4.69) is 16.6 Å². The van der Waals surface area contributed by atoms with Crippen molar-refractivity contribution in [1.29, 1.82) is 0 Å². The van der Waals surface area contributed by atoms with Gasteiger partial charge in [-0.3, -0.25) is 14.4 Å². The van der Waals surface area contributed by atoms with Crippen LogP contribution in [0.25, 0.3) is 0 Å². The van der Waals surface area contributed by atoms with E-state index in [4.69, 9.17) is 16.9 Å². The van der Waals surface area contributed by atoms with Gasteiger partial charge in [0, 0.05) is 17.6 Å². The van der Waals surface area contributed by atoms with Crippen LogP contribution in [0.15, 0.2) is 24.3 Å². The Morgan fingerprint density at radius 1 is 1.14 bits per heavy atom. The van der Waals surface area contributed by atoms with E-state index < -0.39 is 42.0 Å². The summed E-state index contributed by atoms with van der Waals surface area (Å²) in [6.45, 7) is 8.70. The molecule has 35 heavy (non-hydrogen) atoms. The van der Waals surface area contributed by atoms with Crippen molar-refractivity contribution in [1.82, 2.24) is 15.5 Å². The molecule has 0 heterocycles. The number of carbonyl (C=O) groups excluding carboxylic acids is 4. The van der Waals surface area contributed by atoms with Crippen LogP contribution in [0.5, 0.6) is 0 Å². The lowest BCUT2D eigenvalue weighted by Crippen LogP contribution is -2.58. The minimum atomic E-state index is -1.29. The van der Waals surface area contributed by atoms with Crippen LogP contribution in [0, 0.1) is 12.3 Å². The van der Waals surface area contributed by atoms with Gasteiger partial charge >= 0.3 is 6.09 Å². The second-order valence-electron chi connectivity index (χ2n) is 10.0. The van der Waals surface area contributed by atoms with Crippen molar-refractivity contribution in [3.8, 4) is 12.3 Å². The Morgan fingerprint density at radius 3 is 2.17 bits per heavy atom. The molecule has 0 saturated heterocycles. The van der Waals surface area contributed by atoms with Crippen molar-refractivity contribution < 1.29 is 23.9 Å². The number of carbonyl (C=O) groups is 4. The van der Waals surface area contributed by atoms with E-state index in [-0.39, 0.29) is 18.0 Å². The van der Waals surface area contributed by atoms with Crippen LogP contribution in [-0.2, 0) is 19.1 Å². The summed E-state index contributed by atoms with van der Waals surface area (Å²) < 4.78 is 5.28. The van der Waals surface area contributed by atoms with Crippen LogP contribution >= 0.6 is 0 Å². The maximum atomic E-state index is 13.9. The molecule has 1 aliphatic carbocycles. The van der Waals surface area contributed by atoms with Gasteiger partial charge in [-0.05, 0) is 71.6 Å². The fourth-order valence-corrected chi connectivity index (χ4v) is 3.78. The first-order chi connectivity index (χ1) is 16.3. The predicted molar refractivity (Wildman–Crippen MR) is 132 cm³/mol. The van der Waals surface area contributed by atoms with E-state index in [1.54, 1.807) is 45.0 Å². The second kappa shape index (κ2) is 11.7. The summed E-state index contributed by atoms with van der Waals surface area (Å²) in [4.78, 5) is 53.0. The SMILES string of the molecule is C#Cc1ccc(C(C(=O)NC(C)C)N(C(=O)C(CC(N)=O)NC(=O)OC(C)(C)C)C2CCC2)cc1. The van der Waals surface area contributed by atoms with Crippen molar-refractivity contribution in [2.24, 2.45) is 5.73 Å². The fraction of sp³-hybridized carbons (Fsp3) is 0.538. The molecule has 2 unspecified atom stereocenters. The number of rotatable bonds is 9. The number of nitrogens with two attached hydrogens (primary N) is 1. The van der Waals surface area contributed by atoms with Crippen LogP contribution < -0.4 is 16.4 Å². The molecule has 1 aromatic carbocycles. The van der Waals surface area contributed by atoms with E-state index >= 15 is 0 Å². The lowest BCUT2D eigenvalue weighted by molar-refractivity contribution is -0.148. The zero-order valence-electron chi connectivity index (χ0n) is 21.1. The van der Waals surface area contributed by atoms with Crippen LogP contribution in [0.2, 0.25) is 0 Å². The molecule has 1 fully saturated rings. The smallest absolute Gasteiger partial charge is 0.408 e. The summed E-state index contributed by atoms with van der Waals surface area (Å²) in [6, 6.07) is 4.14. The zero-order valence-corrected chi connectivity index (χ0v) is 21.1. The molecule has 0 spiro atoms. The lowest BCUT2D eigenvalue weighted by atomic mass is 9.87. The molecule has 0 aliphatic heterocycles. The van der Waals surface area contributed by atoms with E-state index in [1.807, 2.05) is 13.8 Å². The number of terminal acetylenes is 1. The van der Waals surface area contributed by atoms with E-state index in [9.17, 15) is 19.2 Å². The first kappa shape index (κ1) is 27.7. The Kier molecular flexibility index (Phi) is 9.29. The van der Waals surface area contributed by atoms with Crippen LogP contribution in [0.1, 0.15) is 77.5 Å². The standard InChI is InChI=1S/C26H36N4O5/c1-7-17-11-13-18(14-12-17)22(23(32)28-16(2)3)30(19-9-8-10-19)24(33)20(15-21(27)31)29-25(34)35-26(4,5)6/h1,11-14,16,19-20,22H,8-10,15H2,2-6H3,(H2,27,31)(H,28,32)(H,29,34). The first-order valence-corrected chi connectivity index (χ1v) is 11.8. The van der Waals surface area contributed by atoms with Gasteiger partial charge in [0.15, 0.2) is 0 Å². The highest BCUT2D eigenvalue weighted by Gasteiger charge is 2.42. The Hall–Kier alpha value is -3.54. The number of hydrogen-bond acceptors (Lipinski definition) is 5. The van der Waals surface area contributed by atoms with Gasteiger partial charge in [0.05, 0.1) is 6.42 Å². The Morgan fingerprint density at radius 2 is 1.74 bits per heavy atom. The molecule has 4 amide bonds. The van der Waals surface area contributed by atoms with Gasteiger partial charge in [-0.25, -0.2) is 4.79 Å². The van der Waals surface area contributed by atoms with Gasteiger partial charge in [0.2, 0.25) is 17.7 Å². The molecule has 0 aromatic heterocycles. The highest BCUT2D eigenvalue weighted by Crippen LogP contribution is 2.34. The summed E-state index contributed by atoms with van der Waals surface area (Å²) in [5.74, 6) is 0.818. The molecular weight excluding hydrogens is 448 g/mol. The Labute approximate surface area is 207 Å². The van der Waals surface area contributed by atoms with Crippen LogP contribution in [0.4, 0.5) is 4.79 Å². The second-order valence-corrected chi connectivity index (χ2v) is 10.0. The molecule has 0 radical (unpaired) electrons. The third-order valence-electron chi connectivity index (χ3n) is 5.47. The molecule has 1 aliphatic rings. The van der Waals surface area contributed by atoms with Gasteiger partial charge in [-0.15, -0.1) is 6.42 Å². The Balaban J connectivity index is 2.49. The van der Waals surface area contributed by atoms with E-state index in [0.29, 0.717) is 24.0 Å². The molecule has 1 saturated carbocycles. The van der Waals surface area contributed by atoms with Gasteiger partial charge in [0.25, 0.3) is 0 Å². The highest BCUT2D eigenvalue weighted by molar-refractivity contribution is 5.94. The molecule has 0 bridgehead atoms. The number of amides is 4. The normalized spacial score (nSPS) is 15.2. The average molecular weight is 485 g/mol. The number of nitrogens with one attached hydrogen (secondary N) is 2. The number of alkyl carbamates (subject to hydrolysis) is 1. The molecule has 1 aromatic rings. The number of ether oxygens (including phenoxy) is 1. The number of hydrogen-bond donors (Lipinski definition) is 3. The molecule has 2 rings (SSSR count). The van der Waals surface area contributed by atoms with Gasteiger partial charge in [-0.2, -0.15) is 0 Å². The van der Waals surface area contributed by atoms with Crippen molar-refractivity contribution in [2.45, 2.75) is 90.1 Å². The summed E-state index contributed by atoms with van der Waals surface area (Å²) in [7, 11) is 0. The molecule has 2 atom stereocenters. The molecular formula is C26H36N4O5. The quantitative estimate of drug-likeness (QED) is 0.463. The summed E-state index contributed by atoms with van der Waals surface area (Å²) in [6.07, 6.45) is 6.46. The molecule has 9 heteroatoms. The largest absolute Gasteiger partial charge is 0.444 e. The minimum absolute atomic E-state index is 0.172. The summed E-state index contributed by atoms with van der Waals surface area (Å²) in [5, 5.41) is 5.36. The Bertz CT molecular complexity index is 971. The van der Waals surface area contributed by atoms with Crippen molar-refractivity contribution in [3.05, 3.63) is 35.4 Å². The van der Waals surface area contributed by atoms with Crippen molar-refractivity contribution in [2.75, 3.05) is 0 Å². The third-order valence-corrected chi connectivity index (χ3v) is 5.47. The van der Waals surface area contributed by atoms with Crippen molar-refractivity contribution >= 4 is 23.8 Å². The van der Waals surface area contributed by atoms with Gasteiger partial charge in [0.1, 0.15) is 17.7 Å². The fourth-order valence-electron chi connectivity index (χ4n) is 3.78. The maximum Gasteiger partial charge on any atom is 0.408 e. The lowest BCUT2D eigenvalue weighted by Gasteiger charge is -2.43. The van der Waals surface area contributed by atoms with E-state index in [0.717, 1.165) is 6.42 Å². The average Bonchev–Trinajstić information content (AvgIpc) is 2.69. The van der Waals surface area contributed by atoms with E-state index in [1.165, 1.54) is 4.90 Å². The molecule has 4 N–H and O–H groups in total. The number of nitrogens with zero attached hydrogens (tertiary/aromatic N) is 1. The van der Waals surface area contributed by atoms with Crippen molar-refractivity contribution in [3.63, 3.8) is 0 Å². The molecule has 9 nitrogen and oxygen atoms in total. The zero-order chi connectivity index (χ0) is 26.3. The third kappa shape index (κ3) is 8.02. The topological polar surface area (TPSA) is 131 Å².